The van der Waals surface area contributed by atoms with Gasteiger partial charge in [0.2, 0.25) is 0 Å². The van der Waals surface area contributed by atoms with Crippen LogP contribution < -0.4 is 10.1 Å². The average molecular weight is 525 g/mol. The van der Waals surface area contributed by atoms with Gasteiger partial charge < -0.3 is 9.72 Å². The SMILES string of the molecule is O=C(Nc1c[nH]c2ncc(-c3cccc(CN4CCCC(F)C4)c3)cc12)Oc1cnn(Cc2ccccc2)c1. The Morgan fingerprint density at radius 1 is 1.05 bits per heavy atom. The first kappa shape index (κ1) is 24.8. The third-order valence-electron chi connectivity index (χ3n) is 6.89. The number of halogens is 1. The fourth-order valence-corrected chi connectivity index (χ4v) is 5.01. The number of aromatic amines is 1. The number of carbonyl (C=O) groups is 1. The number of nitrogens with one attached hydrogen (secondary N) is 2. The number of amides is 1. The molecule has 1 fully saturated rings. The number of nitrogens with zero attached hydrogens (tertiary/aromatic N) is 4. The van der Waals surface area contributed by atoms with Gasteiger partial charge in [0.05, 0.1) is 24.6 Å². The Kier molecular flexibility index (Phi) is 7.05. The summed E-state index contributed by atoms with van der Waals surface area (Å²) in [6.07, 6.45) is 6.89. The van der Waals surface area contributed by atoms with Crippen molar-refractivity contribution in [1.29, 1.82) is 0 Å². The topological polar surface area (TPSA) is 88.1 Å². The van der Waals surface area contributed by atoms with E-state index in [0.29, 0.717) is 43.1 Å². The van der Waals surface area contributed by atoms with E-state index < -0.39 is 12.3 Å². The molecule has 3 aromatic heterocycles. The minimum absolute atomic E-state index is 0.353. The van der Waals surface area contributed by atoms with E-state index in [1.807, 2.05) is 48.5 Å². The molecule has 1 unspecified atom stereocenters. The molecule has 1 aliphatic rings. The molecule has 4 heterocycles. The van der Waals surface area contributed by atoms with Crippen LogP contribution in [0.3, 0.4) is 0 Å². The second-order valence-corrected chi connectivity index (χ2v) is 9.87. The minimum Gasteiger partial charge on any atom is -0.407 e. The van der Waals surface area contributed by atoms with Crippen LogP contribution in [0.5, 0.6) is 5.75 Å². The zero-order valence-corrected chi connectivity index (χ0v) is 21.4. The van der Waals surface area contributed by atoms with E-state index in [0.717, 1.165) is 40.6 Å². The van der Waals surface area contributed by atoms with Gasteiger partial charge in [-0.25, -0.2) is 14.2 Å². The molecule has 5 aromatic rings. The number of hydrogen-bond donors (Lipinski definition) is 2. The van der Waals surface area contributed by atoms with Crippen molar-refractivity contribution in [2.75, 3.05) is 18.4 Å². The van der Waals surface area contributed by atoms with Crippen LogP contribution in [0.15, 0.2) is 85.5 Å². The molecule has 1 saturated heterocycles. The second-order valence-electron chi connectivity index (χ2n) is 9.87. The lowest BCUT2D eigenvalue weighted by molar-refractivity contribution is 0.133. The lowest BCUT2D eigenvalue weighted by Gasteiger charge is -2.28. The number of carbonyl (C=O) groups excluding carboxylic acids is 1. The highest BCUT2D eigenvalue weighted by Crippen LogP contribution is 2.29. The van der Waals surface area contributed by atoms with Gasteiger partial charge in [-0.1, -0.05) is 48.5 Å². The molecule has 198 valence electrons. The molecule has 0 saturated carbocycles. The van der Waals surface area contributed by atoms with Crippen molar-refractivity contribution in [1.82, 2.24) is 24.6 Å². The lowest BCUT2D eigenvalue weighted by atomic mass is 10.0. The molecule has 1 atom stereocenters. The molecule has 2 aromatic carbocycles. The maximum atomic E-state index is 13.8. The van der Waals surface area contributed by atoms with E-state index in [4.69, 9.17) is 4.74 Å². The number of benzene rings is 2. The fraction of sp³-hybridized carbons (Fsp3) is 0.233. The maximum absolute atomic E-state index is 13.8. The molecule has 0 radical (unpaired) electrons. The summed E-state index contributed by atoms with van der Waals surface area (Å²) >= 11 is 0. The molecule has 1 amide bonds. The van der Waals surface area contributed by atoms with Gasteiger partial charge in [0.25, 0.3) is 0 Å². The molecule has 39 heavy (non-hydrogen) atoms. The normalized spacial score (nSPS) is 15.9. The molecule has 8 nitrogen and oxygen atoms in total. The highest BCUT2D eigenvalue weighted by molar-refractivity contribution is 6.00. The van der Waals surface area contributed by atoms with Crippen LogP contribution in [0.2, 0.25) is 0 Å². The molecule has 0 aliphatic carbocycles. The Hall–Kier alpha value is -4.50. The van der Waals surface area contributed by atoms with Gasteiger partial charge in [0, 0.05) is 36.4 Å². The van der Waals surface area contributed by atoms with Crippen molar-refractivity contribution in [3.05, 3.63) is 96.6 Å². The van der Waals surface area contributed by atoms with Gasteiger partial charge in [0.1, 0.15) is 11.8 Å². The van der Waals surface area contributed by atoms with E-state index in [2.05, 4.69) is 37.4 Å². The molecule has 0 spiro atoms. The smallest absolute Gasteiger partial charge is 0.407 e. The van der Waals surface area contributed by atoms with Crippen molar-refractivity contribution >= 4 is 22.8 Å². The predicted molar refractivity (Wildman–Crippen MR) is 148 cm³/mol. The first-order valence-corrected chi connectivity index (χ1v) is 13.1. The first-order chi connectivity index (χ1) is 19.1. The molecule has 1 aliphatic heterocycles. The van der Waals surface area contributed by atoms with Crippen LogP contribution in [0.25, 0.3) is 22.2 Å². The van der Waals surface area contributed by atoms with Gasteiger partial charge >= 0.3 is 6.09 Å². The molecular formula is C30H29FN6O2. The number of hydrogen-bond acceptors (Lipinski definition) is 5. The van der Waals surface area contributed by atoms with Gasteiger partial charge in [-0.15, -0.1) is 0 Å². The van der Waals surface area contributed by atoms with E-state index in [1.54, 1.807) is 23.3 Å². The third kappa shape index (κ3) is 5.99. The van der Waals surface area contributed by atoms with Crippen molar-refractivity contribution in [3.63, 3.8) is 0 Å². The summed E-state index contributed by atoms with van der Waals surface area (Å²) in [6, 6.07) is 20.1. The molecule has 6 rings (SSSR count). The summed E-state index contributed by atoms with van der Waals surface area (Å²) < 4.78 is 21.0. The molecular weight excluding hydrogens is 495 g/mol. The van der Waals surface area contributed by atoms with E-state index >= 15 is 0 Å². The highest BCUT2D eigenvalue weighted by Gasteiger charge is 2.19. The number of rotatable bonds is 7. The van der Waals surface area contributed by atoms with E-state index in [9.17, 15) is 9.18 Å². The second kappa shape index (κ2) is 11.1. The predicted octanol–water partition coefficient (Wildman–Crippen LogP) is 6.02. The number of alkyl halides is 1. The zero-order chi connectivity index (χ0) is 26.6. The zero-order valence-electron chi connectivity index (χ0n) is 21.4. The van der Waals surface area contributed by atoms with Crippen molar-refractivity contribution in [2.24, 2.45) is 0 Å². The number of H-pyrrole nitrogens is 1. The number of fused-ring (bicyclic) bond motifs is 1. The summed E-state index contributed by atoms with van der Waals surface area (Å²) in [5.41, 5.74) is 5.39. The van der Waals surface area contributed by atoms with Crippen LogP contribution in [0, 0.1) is 0 Å². The van der Waals surface area contributed by atoms with E-state index in [-0.39, 0.29) is 0 Å². The molecule has 9 heteroatoms. The number of likely N-dealkylation sites (tertiary alicyclic amines) is 1. The van der Waals surface area contributed by atoms with Crippen LogP contribution in [-0.4, -0.2) is 50.0 Å². The lowest BCUT2D eigenvalue weighted by Crippen LogP contribution is -2.35. The first-order valence-electron chi connectivity index (χ1n) is 13.1. The number of aromatic nitrogens is 4. The fourth-order valence-electron chi connectivity index (χ4n) is 5.01. The Balaban J connectivity index is 1.14. The largest absolute Gasteiger partial charge is 0.417 e. The number of ether oxygens (including phenoxy) is 1. The van der Waals surface area contributed by atoms with E-state index in [1.165, 1.54) is 6.20 Å². The minimum atomic E-state index is -0.745. The summed E-state index contributed by atoms with van der Waals surface area (Å²) in [5.74, 6) is 0.353. The maximum Gasteiger partial charge on any atom is 0.417 e. The van der Waals surface area contributed by atoms with Crippen LogP contribution in [0.1, 0.15) is 24.0 Å². The summed E-state index contributed by atoms with van der Waals surface area (Å²) in [6.45, 7) is 2.70. The van der Waals surface area contributed by atoms with Crippen molar-refractivity contribution in [3.8, 4) is 16.9 Å². The van der Waals surface area contributed by atoms with Gasteiger partial charge in [-0.05, 0) is 48.2 Å². The van der Waals surface area contributed by atoms with Crippen molar-refractivity contribution < 1.29 is 13.9 Å². The number of anilines is 1. The van der Waals surface area contributed by atoms with Crippen LogP contribution in [0.4, 0.5) is 14.9 Å². The summed E-state index contributed by atoms with van der Waals surface area (Å²) in [4.78, 5) is 22.5. The summed E-state index contributed by atoms with van der Waals surface area (Å²) in [5, 5.41) is 7.86. The van der Waals surface area contributed by atoms with Crippen LogP contribution in [-0.2, 0) is 13.1 Å². The Labute approximate surface area is 225 Å². The monoisotopic (exact) mass is 524 g/mol. The quantitative estimate of drug-likeness (QED) is 0.272. The van der Waals surface area contributed by atoms with Gasteiger partial charge in [-0.3, -0.25) is 14.9 Å². The summed E-state index contributed by atoms with van der Waals surface area (Å²) in [7, 11) is 0. The Morgan fingerprint density at radius 3 is 2.79 bits per heavy atom. The highest BCUT2D eigenvalue weighted by atomic mass is 19.1. The Morgan fingerprint density at radius 2 is 1.92 bits per heavy atom. The van der Waals surface area contributed by atoms with Crippen molar-refractivity contribution in [2.45, 2.75) is 32.1 Å². The number of pyridine rings is 1. The van der Waals surface area contributed by atoms with Gasteiger partial charge in [-0.2, -0.15) is 5.10 Å². The molecule has 0 bridgehead atoms. The standard InChI is InChI=1S/C30H29FN6O2/c31-25-10-5-11-36(19-25)17-22-8-4-9-23(12-22)24-13-27-28(16-33-29(27)32-14-24)35-30(38)39-26-15-34-37(20-26)18-21-6-2-1-3-7-21/h1-4,6-9,12-16,20,25H,5,10-11,17-19H2,(H,32,33)(H,35,38). The Bertz CT molecular complexity index is 1580. The average Bonchev–Trinajstić information content (AvgIpc) is 3.55. The van der Waals surface area contributed by atoms with Gasteiger partial charge in [0.15, 0.2) is 5.75 Å². The molecule has 2 N–H and O–H groups in total. The number of piperidine rings is 1. The third-order valence-corrected chi connectivity index (χ3v) is 6.89. The van der Waals surface area contributed by atoms with Crippen LogP contribution >= 0.6 is 0 Å².